The van der Waals surface area contributed by atoms with Gasteiger partial charge in [-0.15, -0.1) is 0 Å². The normalized spacial score (nSPS) is 12.0. The van der Waals surface area contributed by atoms with Crippen LogP contribution in [-0.2, 0) is 10.0 Å². The number of hydrogen-bond acceptors (Lipinski definition) is 5. The van der Waals surface area contributed by atoms with Crippen molar-refractivity contribution in [1.82, 2.24) is 9.82 Å². The van der Waals surface area contributed by atoms with E-state index in [0.717, 1.165) is 5.56 Å². The summed E-state index contributed by atoms with van der Waals surface area (Å²) in [5.41, 5.74) is 1.34. The quantitative estimate of drug-likeness (QED) is 0.674. The summed E-state index contributed by atoms with van der Waals surface area (Å²) in [6.07, 6.45) is 3.23. The smallest absolute Gasteiger partial charge is 0.276 e. The third-order valence-corrected chi connectivity index (χ3v) is 4.03. The molecule has 0 saturated carbocycles. The van der Waals surface area contributed by atoms with Gasteiger partial charge in [0.1, 0.15) is 5.75 Å². The van der Waals surface area contributed by atoms with E-state index in [1.807, 2.05) is 0 Å². The minimum absolute atomic E-state index is 0.120. The van der Waals surface area contributed by atoms with Crippen LogP contribution < -0.4 is 9.57 Å². The number of rotatable bonds is 5. The lowest BCUT2D eigenvalue weighted by Gasteiger charge is -2.06. The van der Waals surface area contributed by atoms with E-state index in [2.05, 4.69) is 14.9 Å². The maximum absolute atomic E-state index is 12.1. The van der Waals surface area contributed by atoms with Crippen molar-refractivity contribution in [2.45, 2.75) is 11.8 Å². The van der Waals surface area contributed by atoms with Crippen molar-refractivity contribution in [1.29, 1.82) is 0 Å². The summed E-state index contributed by atoms with van der Waals surface area (Å²) in [6, 6.07) is 9.57. The van der Waals surface area contributed by atoms with Gasteiger partial charge in [0, 0.05) is 18.0 Å². The zero-order chi connectivity index (χ0) is 15.3. The number of hydrogen-bond donors (Lipinski definition) is 1. The monoisotopic (exact) mass is 305 g/mol. The molecule has 0 fully saturated rings. The van der Waals surface area contributed by atoms with E-state index in [9.17, 15) is 8.42 Å². The molecule has 0 atom stereocenters. The molecule has 0 unspecified atom stereocenters. The van der Waals surface area contributed by atoms with E-state index in [1.165, 1.54) is 19.2 Å². The van der Waals surface area contributed by atoms with E-state index in [1.54, 1.807) is 43.6 Å². The van der Waals surface area contributed by atoms with Crippen molar-refractivity contribution in [3.05, 3.63) is 54.4 Å². The molecule has 0 spiro atoms. The average molecular weight is 305 g/mol. The van der Waals surface area contributed by atoms with Crippen LogP contribution in [0.4, 0.5) is 0 Å². The maximum Gasteiger partial charge on any atom is 0.276 e. The molecule has 0 aliphatic carbocycles. The molecule has 2 aromatic rings. The zero-order valence-electron chi connectivity index (χ0n) is 11.6. The highest BCUT2D eigenvalue weighted by molar-refractivity contribution is 7.89. The van der Waals surface area contributed by atoms with Gasteiger partial charge in [-0.2, -0.15) is 18.4 Å². The Bertz CT molecular complexity index is 726. The summed E-state index contributed by atoms with van der Waals surface area (Å²) in [5, 5.41) is 3.90. The van der Waals surface area contributed by atoms with Crippen LogP contribution in [0.3, 0.4) is 0 Å². The Morgan fingerprint density at radius 2 is 1.76 bits per heavy atom. The largest absolute Gasteiger partial charge is 0.497 e. The molecule has 0 bridgehead atoms. The van der Waals surface area contributed by atoms with Crippen LogP contribution in [-0.4, -0.2) is 26.2 Å². The zero-order valence-corrected chi connectivity index (χ0v) is 12.5. The molecule has 0 amide bonds. The summed E-state index contributed by atoms with van der Waals surface area (Å²) in [6.45, 7) is 1.71. The van der Waals surface area contributed by atoms with Gasteiger partial charge < -0.3 is 4.74 Å². The molecule has 1 aromatic heterocycles. The van der Waals surface area contributed by atoms with E-state index in [4.69, 9.17) is 4.74 Å². The molecule has 1 heterocycles. The Labute approximate surface area is 123 Å². The molecule has 6 nitrogen and oxygen atoms in total. The number of methoxy groups -OCH3 is 1. The summed E-state index contributed by atoms with van der Waals surface area (Å²) in [4.78, 5) is 6.23. The fourth-order valence-electron chi connectivity index (χ4n) is 1.59. The molecule has 1 N–H and O–H groups in total. The van der Waals surface area contributed by atoms with Crippen LogP contribution in [0.5, 0.6) is 5.75 Å². The molecular formula is C14H15N3O3S. The van der Waals surface area contributed by atoms with Crippen LogP contribution in [0.15, 0.2) is 58.8 Å². The highest BCUT2D eigenvalue weighted by Crippen LogP contribution is 2.15. The minimum atomic E-state index is -3.70. The van der Waals surface area contributed by atoms with Crippen LogP contribution in [0.2, 0.25) is 0 Å². The first kappa shape index (κ1) is 15.0. The molecule has 0 radical (unpaired) electrons. The Morgan fingerprint density at radius 1 is 1.14 bits per heavy atom. The van der Waals surface area contributed by atoms with Crippen molar-refractivity contribution in [2.75, 3.05) is 7.11 Å². The molecule has 21 heavy (non-hydrogen) atoms. The third kappa shape index (κ3) is 3.79. The van der Waals surface area contributed by atoms with E-state index < -0.39 is 10.0 Å². The van der Waals surface area contributed by atoms with Crippen molar-refractivity contribution in [2.24, 2.45) is 5.10 Å². The number of pyridine rings is 1. The van der Waals surface area contributed by atoms with E-state index >= 15 is 0 Å². The van der Waals surface area contributed by atoms with Gasteiger partial charge in [0.25, 0.3) is 10.0 Å². The van der Waals surface area contributed by atoms with E-state index in [0.29, 0.717) is 11.5 Å². The van der Waals surface area contributed by atoms with Gasteiger partial charge in [0.15, 0.2) is 0 Å². The molecule has 7 heteroatoms. The van der Waals surface area contributed by atoms with Gasteiger partial charge >= 0.3 is 0 Å². The lowest BCUT2D eigenvalue weighted by Crippen LogP contribution is -2.19. The molecule has 110 valence electrons. The number of nitrogens with one attached hydrogen (secondary N) is 1. The van der Waals surface area contributed by atoms with Gasteiger partial charge in [-0.1, -0.05) is 0 Å². The van der Waals surface area contributed by atoms with Gasteiger partial charge in [-0.25, -0.2) is 0 Å². The van der Waals surface area contributed by atoms with Gasteiger partial charge in [-0.3, -0.25) is 4.98 Å². The van der Waals surface area contributed by atoms with Crippen molar-refractivity contribution in [3.63, 3.8) is 0 Å². The predicted molar refractivity (Wildman–Crippen MR) is 79.8 cm³/mol. The van der Waals surface area contributed by atoms with Gasteiger partial charge in [0.05, 0.1) is 17.7 Å². The van der Waals surface area contributed by atoms with Crippen LogP contribution >= 0.6 is 0 Å². The van der Waals surface area contributed by atoms with Gasteiger partial charge in [0.2, 0.25) is 0 Å². The number of ether oxygens (including phenoxy) is 1. The summed E-state index contributed by atoms with van der Waals surface area (Å²) < 4.78 is 29.2. The minimum Gasteiger partial charge on any atom is -0.497 e. The summed E-state index contributed by atoms with van der Waals surface area (Å²) in [5.74, 6) is 0.588. The highest BCUT2D eigenvalue weighted by atomic mass is 32.2. The molecular weight excluding hydrogens is 290 g/mol. The average Bonchev–Trinajstić information content (AvgIpc) is 2.53. The van der Waals surface area contributed by atoms with Crippen molar-refractivity contribution in [3.8, 4) is 5.75 Å². The maximum atomic E-state index is 12.1. The Kier molecular flexibility index (Phi) is 4.54. The standard InChI is InChI=1S/C14H15N3O3S/c1-11(12-7-9-15-10-8-12)16-17-21(18,19)14-5-3-13(20-2)4-6-14/h3-10,17H,1-2H3. The first-order chi connectivity index (χ1) is 10.0. The van der Waals surface area contributed by atoms with E-state index in [-0.39, 0.29) is 4.90 Å². The fourth-order valence-corrected chi connectivity index (χ4v) is 2.45. The SMILES string of the molecule is COc1ccc(S(=O)(=O)NN=C(C)c2ccncc2)cc1. The second-order valence-corrected chi connectivity index (χ2v) is 5.86. The molecule has 0 aliphatic rings. The number of nitrogens with zero attached hydrogens (tertiary/aromatic N) is 2. The molecule has 1 aromatic carbocycles. The topological polar surface area (TPSA) is 80.7 Å². The Morgan fingerprint density at radius 3 is 2.33 bits per heavy atom. The van der Waals surface area contributed by atoms with Crippen LogP contribution in [0.1, 0.15) is 12.5 Å². The molecule has 2 rings (SSSR count). The number of benzene rings is 1. The second kappa shape index (κ2) is 6.36. The van der Waals surface area contributed by atoms with Crippen LogP contribution in [0.25, 0.3) is 0 Å². The lowest BCUT2D eigenvalue weighted by molar-refractivity contribution is 0.414. The van der Waals surface area contributed by atoms with Crippen molar-refractivity contribution >= 4 is 15.7 Å². The summed E-state index contributed by atoms with van der Waals surface area (Å²) in [7, 11) is -2.18. The number of sulfonamides is 1. The van der Waals surface area contributed by atoms with Crippen LogP contribution in [0, 0.1) is 0 Å². The third-order valence-electron chi connectivity index (χ3n) is 2.80. The van der Waals surface area contributed by atoms with Crippen molar-refractivity contribution < 1.29 is 13.2 Å². The second-order valence-electron chi connectivity index (χ2n) is 4.20. The Hall–Kier alpha value is -2.41. The number of hydrazone groups is 1. The summed E-state index contributed by atoms with van der Waals surface area (Å²) >= 11 is 0. The first-order valence-corrected chi connectivity index (χ1v) is 7.62. The Balaban J connectivity index is 2.17. The predicted octanol–water partition coefficient (Wildman–Crippen LogP) is 1.79. The first-order valence-electron chi connectivity index (χ1n) is 6.13. The number of aromatic nitrogens is 1. The lowest BCUT2D eigenvalue weighted by atomic mass is 10.2. The molecule has 0 saturated heterocycles. The van der Waals surface area contributed by atoms with Gasteiger partial charge in [-0.05, 0) is 43.3 Å². The fraction of sp³-hybridized carbons (Fsp3) is 0.143. The highest BCUT2D eigenvalue weighted by Gasteiger charge is 2.13. The molecule has 0 aliphatic heterocycles.